The highest BCUT2D eigenvalue weighted by molar-refractivity contribution is 7.80. The van der Waals surface area contributed by atoms with Gasteiger partial charge in [0.15, 0.2) is 5.11 Å². The van der Waals surface area contributed by atoms with Crippen LogP contribution in [0.2, 0.25) is 5.02 Å². The van der Waals surface area contributed by atoms with Crippen LogP contribution in [0.15, 0.2) is 66.8 Å². The Hall–Kier alpha value is -3.22. The van der Waals surface area contributed by atoms with Gasteiger partial charge >= 0.3 is 0 Å². The van der Waals surface area contributed by atoms with E-state index in [0.29, 0.717) is 11.6 Å². The van der Waals surface area contributed by atoms with Gasteiger partial charge in [-0.25, -0.2) is 0 Å². The molecule has 2 aromatic carbocycles. The van der Waals surface area contributed by atoms with Crippen LogP contribution in [0.25, 0.3) is 17.0 Å². The molecular weight excluding hydrogens is 430 g/mol. The van der Waals surface area contributed by atoms with Crippen LogP contribution < -0.4 is 5.32 Å². The zero-order valence-corrected chi connectivity index (χ0v) is 18.5. The Morgan fingerprint density at radius 1 is 1.13 bits per heavy atom. The van der Waals surface area contributed by atoms with Crippen molar-refractivity contribution >= 4 is 57.7 Å². The number of halogens is 1. The molecule has 5 nitrogen and oxygen atoms in total. The Bertz CT molecular complexity index is 1280. The van der Waals surface area contributed by atoms with Crippen molar-refractivity contribution in [3.05, 3.63) is 88.6 Å². The molecule has 0 atom stereocenters. The highest BCUT2D eigenvalue weighted by Gasteiger charge is 2.33. The van der Waals surface area contributed by atoms with Crippen LogP contribution in [0.3, 0.4) is 0 Å². The van der Waals surface area contributed by atoms with Crippen molar-refractivity contribution in [3.63, 3.8) is 0 Å². The van der Waals surface area contributed by atoms with Crippen molar-refractivity contribution in [2.45, 2.75) is 13.5 Å². The first-order chi connectivity index (χ1) is 14.9. The molecule has 1 N–H and O–H groups in total. The maximum absolute atomic E-state index is 13.0. The van der Waals surface area contributed by atoms with Gasteiger partial charge in [-0.3, -0.25) is 19.8 Å². The SMILES string of the molecule is C=CCN1C(=O)/C(=C/c2c(C)n(Cc3ccccc3Cl)c3ccccc23)C(=O)NC1=S. The lowest BCUT2D eigenvalue weighted by Gasteiger charge is -2.27. The van der Waals surface area contributed by atoms with E-state index in [4.69, 9.17) is 23.8 Å². The molecule has 0 bridgehead atoms. The minimum absolute atomic E-state index is 0.0409. The highest BCUT2D eigenvalue weighted by Crippen LogP contribution is 2.30. The van der Waals surface area contributed by atoms with Gasteiger partial charge in [-0.15, -0.1) is 6.58 Å². The third kappa shape index (κ3) is 3.80. The van der Waals surface area contributed by atoms with E-state index in [9.17, 15) is 9.59 Å². The number of nitrogens with zero attached hydrogens (tertiary/aromatic N) is 2. The number of hydrogen-bond donors (Lipinski definition) is 1. The normalized spacial score (nSPS) is 15.6. The average Bonchev–Trinajstić information content (AvgIpc) is 3.01. The summed E-state index contributed by atoms with van der Waals surface area (Å²) >= 11 is 11.5. The number of nitrogens with one attached hydrogen (secondary N) is 1. The van der Waals surface area contributed by atoms with Gasteiger partial charge in [-0.2, -0.15) is 0 Å². The molecule has 1 aromatic heterocycles. The van der Waals surface area contributed by atoms with Gasteiger partial charge in [-0.1, -0.05) is 54.1 Å². The Balaban J connectivity index is 1.85. The first kappa shape index (κ1) is 21.0. The quantitative estimate of drug-likeness (QED) is 0.271. The van der Waals surface area contributed by atoms with Gasteiger partial charge < -0.3 is 4.57 Å². The smallest absolute Gasteiger partial charge is 0.265 e. The van der Waals surface area contributed by atoms with Crippen molar-refractivity contribution in [3.8, 4) is 0 Å². The second-order valence-electron chi connectivity index (χ2n) is 7.22. The van der Waals surface area contributed by atoms with Gasteiger partial charge in [0.2, 0.25) is 0 Å². The van der Waals surface area contributed by atoms with Crippen LogP contribution in [-0.4, -0.2) is 32.9 Å². The van der Waals surface area contributed by atoms with Gasteiger partial charge in [0.25, 0.3) is 11.8 Å². The Kier molecular flexibility index (Phi) is 5.76. The second-order valence-corrected chi connectivity index (χ2v) is 8.01. The standard InChI is InChI=1S/C24H20ClN3O2S/c1-3-12-27-23(30)19(22(29)26-24(27)31)13-18-15(2)28(21-11-7-5-9-17(18)21)14-16-8-4-6-10-20(16)25/h3-11,13H,1,12,14H2,2H3,(H,26,29,31)/b19-13+. The van der Waals surface area contributed by atoms with Gasteiger partial charge in [0.1, 0.15) is 5.57 Å². The number of thiocarbonyl (C=S) groups is 1. The molecule has 1 aliphatic heterocycles. The molecule has 2 heterocycles. The third-order valence-corrected chi connectivity index (χ3v) is 6.04. The number of benzene rings is 2. The number of aromatic nitrogens is 1. The molecule has 2 amide bonds. The summed E-state index contributed by atoms with van der Waals surface area (Å²) in [5.74, 6) is -0.936. The lowest BCUT2D eigenvalue weighted by atomic mass is 10.0. The number of fused-ring (bicyclic) bond motifs is 1. The number of hydrogen-bond acceptors (Lipinski definition) is 3. The summed E-state index contributed by atoms with van der Waals surface area (Å²) in [5, 5.41) is 4.32. The Morgan fingerprint density at radius 2 is 1.84 bits per heavy atom. The first-order valence-electron chi connectivity index (χ1n) is 9.73. The van der Waals surface area contributed by atoms with E-state index in [1.54, 1.807) is 12.2 Å². The molecule has 3 aromatic rings. The number of carbonyl (C=O) groups excluding carboxylic acids is 2. The summed E-state index contributed by atoms with van der Waals surface area (Å²) in [6.45, 7) is 6.43. The lowest BCUT2D eigenvalue weighted by Crippen LogP contribution is -2.53. The predicted molar refractivity (Wildman–Crippen MR) is 128 cm³/mol. The molecule has 1 saturated heterocycles. The minimum atomic E-state index is -0.502. The zero-order valence-electron chi connectivity index (χ0n) is 16.9. The third-order valence-electron chi connectivity index (χ3n) is 5.35. The van der Waals surface area contributed by atoms with E-state index in [2.05, 4.69) is 16.5 Å². The fourth-order valence-corrected chi connectivity index (χ4v) is 4.22. The molecule has 31 heavy (non-hydrogen) atoms. The molecule has 0 aliphatic carbocycles. The zero-order chi connectivity index (χ0) is 22.1. The van der Waals surface area contributed by atoms with E-state index in [-0.39, 0.29) is 17.2 Å². The molecule has 1 fully saturated rings. The largest absolute Gasteiger partial charge is 0.340 e. The van der Waals surface area contributed by atoms with E-state index in [1.807, 2.05) is 55.5 Å². The van der Waals surface area contributed by atoms with Crippen LogP contribution in [0.4, 0.5) is 0 Å². The molecule has 0 spiro atoms. The van der Waals surface area contributed by atoms with Crippen molar-refractivity contribution in [1.29, 1.82) is 0 Å². The highest BCUT2D eigenvalue weighted by atomic mass is 35.5. The molecule has 7 heteroatoms. The lowest BCUT2D eigenvalue weighted by molar-refractivity contribution is -0.128. The molecule has 156 valence electrons. The summed E-state index contributed by atoms with van der Waals surface area (Å²) < 4.78 is 2.14. The van der Waals surface area contributed by atoms with E-state index in [0.717, 1.165) is 27.7 Å². The summed E-state index contributed by atoms with van der Waals surface area (Å²) in [6.07, 6.45) is 3.22. The molecule has 1 aliphatic rings. The maximum atomic E-state index is 13.0. The van der Waals surface area contributed by atoms with Crippen molar-refractivity contribution < 1.29 is 9.59 Å². The topological polar surface area (TPSA) is 54.3 Å². The van der Waals surface area contributed by atoms with Crippen LogP contribution >= 0.6 is 23.8 Å². The molecule has 0 unspecified atom stereocenters. The predicted octanol–water partition coefficient (Wildman–Crippen LogP) is 4.46. The van der Waals surface area contributed by atoms with E-state index in [1.165, 1.54) is 4.90 Å². The fourth-order valence-electron chi connectivity index (χ4n) is 3.77. The first-order valence-corrected chi connectivity index (χ1v) is 10.5. The van der Waals surface area contributed by atoms with Crippen LogP contribution in [0.1, 0.15) is 16.8 Å². The molecule has 4 rings (SSSR count). The monoisotopic (exact) mass is 449 g/mol. The Labute approximate surface area is 190 Å². The Morgan fingerprint density at radius 3 is 2.58 bits per heavy atom. The van der Waals surface area contributed by atoms with Crippen LogP contribution in [0.5, 0.6) is 0 Å². The maximum Gasteiger partial charge on any atom is 0.265 e. The van der Waals surface area contributed by atoms with Crippen molar-refractivity contribution in [2.75, 3.05) is 6.54 Å². The number of amides is 2. The summed E-state index contributed by atoms with van der Waals surface area (Å²) in [5.41, 5.74) is 3.76. The van der Waals surface area contributed by atoms with Gasteiger partial charge in [0.05, 0.1) is 0 Å². The van der Waals surface area contributed by atoms with Crippen LogP contribution in [0, 0.1) is 6.92 Å². The average molecular weight is 450 g/mol. The van der Waals surface area contributed by atoms with Crippen molar-refractivity contribution in [1.82, 2.24) is 14.8 Å². The summed E-state index contributed by atoms with van der Waals surface area (Å²) in [6, 6.07) is 15.6. The van der Waals surface area contributed by atoms with E-state index >= 15 is 0 Å². The summed E-state index contributed by atoms with van der Waals surface area (Å²) in [7, 11) is 0. The van der Waals surface area contributed by atoms with Crippen LogP contribution in [-0.2, 0) is 16.1 Å². The number of para-hydroxylation sites is 1. The van der Waals surface area contributed by atoms with Gasteiger partial charge in [-0.05, 0) is 42.9 Å². The number of rotatable bonds is 5. The summed E-state index contributed by atoms with van der Waals surface area (Å²) in [4.78, 5) is 26.9. The minimum Gasteiger partial charge on any atom is -0.340 e. The fraction of sp³-hybridized carbons (Fsp3) is 0.125. The van der Waals surface area contributed by atoms with Gasteiger partial charge in [0, 0.05) is 40.3 Å². The molecule has 0 radical (unpaired) electrons. The van der Waals surface area contributed by atoms with E-state index < -0.39 is 11.8 Å². The van der Waals surface area contributed by atoms with Crippen molar-refractivity contribution in [2.24, 2.45) is 0 Å². The molecule has 0 saturated carbocycles. The molecular formula is C24H20ClN3O2S. The number of carbonyl (C=O) groups is 2. The second kappa shape index (κ2) is 8.49.